The zero-order valence-corrected chi connectivity index (χ0v) is 7.16. The van der Waals surface area contributed by atoms with Gasteiger partial charge in [-0.25, -0.2) is 4.79 Å². The minimum Gasteiger partial charge on any atom is -0.467 e. The van der Waals surface area contributed by atoms with Crippen LogP contribution in [-0.2, 0) is 14.3 Å². The molecule has 0 amide bonds. The predicted molar refractivity (Wildman–Crippen MR) is 41.6 cm³/mol. The number of hydrogen-bond acceptors (Lipinski definition) is 4. The van der Waals surface area contributed by atoms with E-state index in [2.05, 4.69) is 4.74 Å². The molecule has 0 aromatic heterocycles. The lowest BCUT2D eigenvalue weighted by Gasteiger charge is -2.12. The number of rotatable bonds is 3. The van der Waals surface area contributed by atoms with Crippen LogP contribution in [0.4, 0.5) is 0 Å². The van der Waals surface area contributed by atoms with Crippen LogP contribution in [0.25, 0.3) is 0 Å². The summed E-state index contributed by atoms with van der Waals surface area (Å²) in [6, 6.07) is 0. The molecule has 1 aliphatic heterocycles. The maximum Gasteiger partial charge on any atom is 0.334 e. The molecule has 0 saturated carbocycles. The largest absolute Gasteiger partial charge is 0.467 e. The molecular weight excluding hydrogens is 160 g/mol. The highest BCUT2D eigenvalue weighted by Crippen LogP contribution is 2.17. The third-order valence-electron chi connectivity index (χ3n) is 1.98. The highest BCUT2D eigenvalue weighted by Gasteiger charge is 2.24. The van der Waals surface area contributed by atoms with E-state index in [1.54, 1.807) is 0 Å². The average molecular weight is 174 g/mol. The monoisotopic (exact) mass is 174 g/mol. The normalized spacial score (nSPS) is 25.3. The summed E-state index contributed by atoms with van der Waals surface area (Å²) < 4.78 is 9.63. The fourth-order valence-corrected chi connectivity index (χ4v) is 1.31. The van der Waals surface area contributed by atoms with E-state index in [9.17, 15) is 9.90 Å². The molecule has 2 atom stereocenters. The van der Waals surface area contributed by atoms with Crippen LogP contribution in [0, 0.1) is 0 Å². The Morgan fingerprint density at radius 1 is 1.83 bits per heavy atom. The van der Waals surface area contributed by atoms with Crippen LogP contribution in [0.3, 0.4) is 0 Å². The molecule has 0 aromatic carbocycles. The summed E-state index contributed by atoms with van der Waals surface area (Å²) in [6.07, 6.45) is 1.29. The van der Waals surface area contributed by atoms with Crippen molar-refractivity contribution in [2.45, 2.75) is 31.5 Å². The molecule has 12 heavy (non-hydrogen) atoms. The fraction of sp³-hybridized carbons (Fsp3) is 0.875. The van der Waals surface area contributed by atoms with Crippen molar-refractivity contribution in [2.75, 3.05) is 13.7 Å². The predicted octanol–water partition coefficient (Wildman–Crippen LogP) is 0.0894. The van der Waals surface area contributed by atoms with Gasteiger partial charge < -0.3 is 14.6 Å². The van der Waals surface area contributed by atoms with Gasteiger partial charge in [0.15, 0.2) is 6.10 Å². The second-order valence-corrected chi connectivity index (χ2v) is 2.91. The number of hydrogen-bond donors (Lipinski definition) is 1. The molecule has 0 bridgehead atoms. The van der Waals surface area contributed by atoms with Gasteiger partial charge in [0, 0.05) is 13.0 Å². The van der Waals surface area contributed by atoms with Crippen LogP contribution in [0.2, 0.25) is 0 Å². The van der Waals surface area contributed by atoms with E-state index >= 15 is 0 Å². The Labute approximate surface area is 71.5 Å². The van der Waals surface area contributed by atoms with Crippen LogP contribution >= 0.6 is 0 Å². The van der Waals surface area contributed by atoms with Crippen LogP contribution in [-0.4, -0.2) is 37.0 Å². The third-order valence-corrected chi connectivity index (χ3v) is 1.98. The molecule has 4 nitrogen and oxygen atoms in total. The van der Waals surface area contributed by atoms with Crippen molar-refractivity contribution in [3.05, 3.63) is 0 Å². The van der Waals surface area contributed by atoms with E-state index in [1.165, 1.54) is 7.11 Å². The summed E-state index contributed by atoms with van der Waals surface area (Å²) >= 11 is 0. The van der Waals surface area contributed by atoms with E-state index in [0.717, 1.165) is 19.4 Å². The first-order valence-electron chi connectivity index (χ1n) is 4.11. The van der Waals surface area contributed by atoms with Crippen molar-refractivity contribution in [1.82, 2.24) is 0 Å². The van der Waals surface area contributed by atoms with Gasteiger partial charge in [0.25, 0.3) is 0 Å². The van der Waals surface area contributed by atoms with Crippen molar-refractivity contribution in [2.24, 2.45) is 0 Å². The summed E-state index contributed by atoms with van der Waals surface area (Å²) in [5, 5.41) is 9.22. The minimum atomic E-state index is -1.03. The number of carbonyl (C=O) groups is 1. The Bertz CT molecular complexity index is 151. The lowest BCUT2D eigenvalue weighted by molar-refractivity contribution is -0.152. The molecule has 1 saturated heterocycles. The van der Waals surface area contributed by atoms with Crippen molar-refractivity contribution >= 4 is 5.97 Å². The molecule has 1 heterocycles. The van der Waals surface area contributed by atoms with Gasteiger partial charge in [-0.15, -0.1) is 0 Å². The first kappa shape index (κ1) is 9.48. The number of carbonyl (C=O) groups excluding carboxylic acids is 1. The summed E-state index contributed by atoms with van der Waals surface area (Å²) in [4.78, 5) is 10.8. The van der Waals surface area contributed by atoms with Crippen LogP contribution in [0.5, 0.6) is 0 Å². The van der Waals surface area contributed by atoms with Gasteiger partial charge in [0.1, 0.15) is 0 Å². The first-order valence-corrected chi connectivity index (χ1v) is 4.11. The zero-order valence-electron chi connectivity index (χ0n) is 7.16. The van der Waals surface area contributed by atoms with Gasteiger partial charge in [-0.2, -0.15) is 0 Å². The molecule has 0 aliphatic carbocycles. The second kappa shape index (κ2) is 4.42. The minimum absolute atomic E-state index is 0.0269. The summed E-state index contributed by atoms with van der Waals surface area (Å²) in [5.74, 6) is -0.578. The molecule has 1 N–H and O–H groups in total. The van der Waals surface area contributed by atoms with E-state index in [-0.39, 0.29) is 6.10 Å². The molecule has 1 aliphatic rings. The number of aliphatic hydroxyl groups excluding tert-OH is 1. The molecule has 1 rings (SSSR count). The topological polar surface area (TPSA) is 55.8 Å². The Morgan fingerprint density at radius 2 is 2.58 bits per heavy atom. The van der Waals surface area contributed by atoms with Gasteiger partial charge in [0.05, 0.1) is 13.2 Å². The maximum atomic E-state index is 10.8. The number of methoxy groups -OCH3 is 1. The smallest absolute Gasteiger partial charge is 0.334 e. The van der Waals surface area contributed by atoms with Crippen molar-refractivity contribution < 1.29 is 19.4 Å². The molecule has 70 valence electrons. The highest BCUT2D eigenvalue weighted by molar-refractivity contribution is 5.74. The summed E-state index contributed by atoms with van der Waals surface area (Å²) in [6.45, 7) is 0.735. The molecule has 0 radical (unpaired) electrons. The van der Waals surface area contributed by atoms with Gasteiger partial charge in [-0.3, -0.25) is 0 Å². The van der Waals surface area contributed by atoms with E-state index in [4.69, 9.17) is 4.74 Å². The van der Waals surface area contributed by atoms with Gasteiger partial charge in [-0.05, 0) is 12.8 Å². The average Bonchev–Trinajstić information content (AvgIpc) is 2.55. The number of ether oxygens (including phenoxy) is 2. The lowest BCUT2D eigenvalue weighted by Crippen LogP contribution is -2.26. The lowest BCUT2D eigenvalue weighted by atomic mass is 10.1. The summed E-state index contributed by atoms with van der Waals surface area (Å²) in [7, 11) is 1.26. The summed E-state index contributed by atoms with van der Waals surface area (Å²) in [5.41, 5.74) is 0. The molecule has 1 unspecified atom stereocenters. The zero-order chi connectivity index (χ0) is 8.97. The first-order chi connectivity index (χ1) is 5.74. The molecule has 0 aromatic rings. The Hall–Kier alpha value is -0.610. The Balaban J connectivity index is 2.24. The molecular formula is C8H14O4. The van der Waals surface area contributed by atoms with Gasteiger partial charge >= 0.3 is 5.97 Å². The Morgan fingerprint density at radius 3 is 3.08 bits per heavy atom. The number of aliphatic hydroxyl groups is 1. The fourth-order valence-electron chi connectivity index (χ4n) is 1.31. The van der Waals surface area contributed by atoms with E-state index < -0.39 is 12.1 Å². The number of esters is 1. The van der Waals surface area contributed by atoms with Gasteiger partial charge in [0.2, 0.25) is 0 Å². The van der Waals surface area contributed by atoms with Crippen molar-refractivity contribution in [3.8, 4) is 0 Å². The Kier molecular flexibility index (Phi) is 3.49. The third kappa shape index (κ3) is 2.46. The van der Waals surface area contributed by atoms with E-state index in [1.807, 2.05) is 0 Å². The van der Waals surface area contributed by atoms with Crippen LogP contribution < -0.4 is 0 Å². The van der Waals surface area contributed by atoms with Gasteiger partial charge in [-0.1, -0.05) is 0 Å². The standard InChI is InChI=1S/C8H14O4/c1-11-8(10)7(9)5-6-3-2-4-12-6/h6-7,9H,2-5H2,1H3/t6?,7-/m1/s1. The van der Waals surface area contributed by atoms with E-state index in [0.29, 0.717) is 6.42 Å². The van der Waals surface area contributed by atoms with Crippen LogP contribution in [0.1, 0.15) is 19.3 Å². The van der Waals surface area contributed by atoms with Crippen molar-refractivity contribution in [3.63, 3.8) is 0 Å². The SMILES string of the molecule is COC(=O)[C@H](O)CC1CCCO1. The molecule has 1 fully saturated rings. The highest BCUT2D eigenvalue weighted by atomic mass is 16.5. The molecule has 0 spiro atoms. The molecule has 4 heteroatoms. The quantitative estimate of drug-likeness (QED) is 0.616. The second-order valence-electron chi connectivity index (χ2n) is 2.91. The van der Waals surface area contributed by atoms with Crippen LogP contribution in [0.15, 0.2) is 0 Å². The maximum absolute atomic E-state index is 10.8. The van der Waals surface area contributed by atoms with Crippen molar-refractivity contribution in [1.29, 1.82) is 0 Å².